The van der Waals surface area contributed by atoms with E-state index in [-0.39, 0.29) is 11.4 Å². The summed E-state index contributed by atoms with van der Waals surface area (Å²) in [6, 6.07) is 4.34. The van der Waals surface area contributed by atoms with E-state index in [1.165, 1.54) is 18.2 Å². The van der Waals surface area contributed by atoms with E-state index in [1.54, 1.807) is 6.07 Å². The van der Waals surface area contributed by atoms with Crippen molar-refractivity contribution in [2.24, 2.45) is 5.73 Å². The Kier molecular flexibility index (Phi) is 3.54. The van der Waals surface area contributed by atoms with Crippen LogP contribution in [-0.2, 0) is 14.3 Å². The number of alkyl halides is 3. The summed E-state index contributed by atoms with van der Waals surface area (Å²) in [6.07, 6.45) is -5.23. The number of nitrogens with two attached hydrogens (primary N) is 1. The van der Waals surface area contributed by atoms with Gasteiger partial charge in [-0.1, -0.05) is 12.1 Å². The molecule has 0 saturated carbocycles. The fourth-order valence-corrected chi connectivity index (χ4v) is 1.72. The number of fused-ring (bicyclic) bond motifs is 1. The van der Waals surface area contributed by atoms with Gasteiger partial charge in [-0.25, -0.2) is 4.79 Å². The molecule has 0 spiro atoms. The number of hydrogen-bond acceptors (Lipinski definition) is 5. The molecule has 1 aromatic rings. The summed E-state index contributed by atoms with van der Waals surface area (Å²) in [5, 5.41) is 2.38. The highest BCUT2D eigenvalue weighted by Gasteiger charge is 2.51. The Morgan fingerprint density at radius 1 is 1.43 bits per heavy atom. The molecule has 1 aliphatic heterocycles. The van der Waals surface area contributed by atoms with Gasteiger partial charge in [-0.3, -0.25) is 4.79 Å². The molecule has 1 aromatic carbocycles. The number of ether oxygens (including phenoxy) is 2. The normalized spacial score (nSPS) is 25.2. The van der Waals surface area contributed by atoms with Gasteiger partial charge in [0.2, 0.25) is 5.91 Å². The topological polar surface area (TPSA) is 90.6 Å². The monoisotopic (exact) mass is 304 g/mol. The van der Waals surface area contributed by atoms with E-state index in [2.05, 4.69) is 10.1 Å². The molecule has 0 bridgehead atoms. The zero-order chi connectivity index (χ0) is 15.8. The third-order valence-electron chi connectivity index (χ3n) is 2.83. The molecule has 0 unspecified atom stereocenters. The predicted molar refractivity (Wildman–Crippen MR) is 64.2 cm³/mol. The molecule has 2 rings (SSSR count). The van der Waals surface area contributed by atoms with Gasteiger partial charge in [-0.05, 0) is 12.1 Å². The van der Waals surface area contributed by atoms with Crippen LogP contribution in [0.4, 0.5) is 18.9 Å². The van der Waals surface area contributed by atoms with Crippen LogP contribution in [0.2, 0.25) is 0 Å². The van der Waals surface area contributed by atoms with Crippen LogP contribution in [0.15, 0.2) is 24.3 Å². The lowest BCUT2D eigenvalue weighted by Gasteiger charge is -2.32. The van der Waals surface area contributed by atoms with E-state index >= 15 is 0 Å². The average Bonchev–Trinajstić information content (AvgIpc) is 2.46. The van der Waals surface area contributed by atoms with Crippen LogP contribution < -0.4 is 15.8 Å². The lowest BCUT2D eigenvalue weighted by atomic mass is 10.1. The number of amides is 1. The molecule has 9 heteroatoms. The molecule has 0 saturated heterocycles. The summed E-state index contributed by atoms with van der Waals surface area (Å²) in [5.41, 5.74) is 5.76. The third-order valence-corrected chi connectivity index (χ3v) is 2.83. The van der Waals surface area contributed by atoms with Crippen molar-refractivity contribution >= 4 is 17.6 Å². The van der Waals surface area contributed by atoms with E-state index in [9.17, 15) is 22.8 Å². The first-order valence-electron chi connectivity index (χ1n) is 5.78. The Morgan fingerprint density at radius 2 is 2.05 bits per heavy atom. The summed E-state index contributed by atoms with van der Waals surface area (Å²) in [6.45, 7) is 0.989. The zero-order valence-electron chi connectivity index (χ0n) is 10.7. The average molecular weight is 304 g/mol. The summed E-state index contributed by atoms with van der Waals surface area (Å²) < 4.78 is 46.5. The van der Waals surface area contributed by atoms with Crippen LogP contribution in [0.5, 0.6) is 5.75 Å². The molecule has 0 fully saturated rings. The lowest BCUT2D eigenvalue weighted by Crippen LogP contribution is -2.58. The molecule has 6 nitrogen and oxygen atoms in total. The summed E-state index contributed by atoms with van der Waals surface area (Å²) in [5.74, 6) is -5.58. The van der Waals surface area contributed by atoms with E-state index in [4.69, 9.17) is 10.5 Å². The van der Waals surface area contributed by atoms with Gasteiger partial charge in [-0.2, -0.15) is 13.2 Å². The predicted octanol–water partition coefficient (Wildman–Crippen LogP) is 1.17. The number of benzene rings is 1. The number of rotatable bonds is 1. The maximum atomic E-state index is 12.3. The second-order valence-corrected chi connectivity index (χ2v) is 4.47. The van der Waals surface area contributed by atoms with Crippen LogP contribution in [0.25, 0.3) is 0 Å². The van der Waals surface area contributed by atoms with Crippen molar-refractivity contribution < 1.29 is 32.2 Å². The number of hydrogen-bond donors (Lipinski definition) is 2. The number of esters is 1. The molecule has 114 valence electrons. The van der Waals surface area contributed by atoms with Crippen LogP contribution in [0.3, 0.4) is 0 Å². The molecule has 1 amide bonds. The fraction of sp³-hybridized carbons (Fsp3) is 0.333. The van der Waals surface area contributed by atoms with E-state index in [1.807, 2.05) is 0 Å². The number of para-hydroxylation sites is 2. The Bertz CT molecular complexity index is 590. The van der Waals surface area contributed by atoms with Gasteiger partial charge in [0.25, 0.3) is 5.79 Å². The van der Waals surface area contributed by atoms with E-state index in [0.717, 1.165) is 6.92 Å². The van der Waals surface area contributed by atoms with Crippen molar-refractivity contribution in [1.82, 2.24) is 0 Å². The molecule has 21 heavy (non-hydrogen) atoms. The van der Waals surface area contributed by atoms with Crippen LogP contribution in [-0.4, -0.2) is 29.9 Å². The largest absolute Gasteiger partial charge is 0.491 e. The van der Waals surface area contributed by atoms with Gasteiger partial charge in [0.1, 0.15) is 5.75 Å². The highest BCUT2D eigenvalue weighted by Crippen LogP contribution is 2.34. The molecule has 0 radical (unpaired) electrons. The molecule has 3 N–H and O–H groups in total. The quantitative estimate of drug-likeness (QED) is 0.760. The van der Waals surface area contributed by atoms with Crippen LogP contribution in [0.1, 0.15) is 6.92 Å². The molecule has 1 aliphatic rings. The van der Waals surface area contributed by atoms with Crippen molar-refractivity contribution in [3.63, 3.8) is 0 Å². The van der Waals surface area contributed by atoms with Gasteiger partial charge in [0.15, 0.2) is 6.04 Å². The highest BCUT2D eigenvalue weighted by atomic mass is 19.4. The minimum Gasteiger partial charge on any atom is -0.448 e. The van der Waals surface area contributed by atoms with Crippen molar-refractivity contribution in [2.45, 2.75) is 24.9 Å². The maximum Gasteiger partial charge on any atom is 0.491 e. The van der Waals surface area contributed by atoms with E-state index in [0.29, 0.717) is 0 Å². The van der Waals surface area contributed by atoms with Crippen molar-refractivity contribution in [3.05, 3.63) is 24.3 Å². The number of carbonyl (C=O) groups excluding carboxylic acids is 2. The molecular formula is C12H11F3N2O4. The van der Waals surface area contributed by atoms with Crippen molar-refractivity contribution in [3.8, 4) is 5.75 Å². The summed E-state index contributed by atoms with van der Waals surface area (Å²) in [4.78, 5) is 22.8. The van der Waals surface area contributed by atoms with Gasteiger partial charge >= 0.3 is 12.1 Å². The second-order valence-electron chi connectivity index (χ2n) is 4.47. The first kappa shape index (κ1) is 15.1. The van der Waals surface area contributed by atoms with Gasteiger partial charge in [0, 0.05) is 6.92 Å². The number of carbonyl (C=O) groups is 2. The minimum atomic E-state index is -5.23. The first-order valence-corrected chi connectivity index (χ1v) is 5.78. The lowest BCUT2D eigenvalue weighted by molar-refractivity contribution is -0.239. The zero-order valence-corrected chi connectivity index (χ0v) is 10.7. The van der Waals surface area contributed by atoms with Crippen LogP contribution >= 0.6 is 0 Å². The van der Waals surface area contributed by atoms with Crippen molar-refractivity contribution in [2.75, 3.05) is 5.32 Å². The Labute approximate surface area is 117 Å². The number of halogens is 3. The first-order chi connectivity index (χ1) is 9.63. The molecule has 1 heterocycles. The van der Waals surface area contributed by atoms with Gasteiger partial charge in [0.05, 0.1) is 5.69 Å². The van der Waals surface area contributed by atoms with Gasteiger partial charge < -0.3 is 20.5 Å². The second kappa shape index (κ2) is 4.92. The van der Waals surface area contributed by atoms with E-state index < -0.39 is 29.9 Å². The fourth-order valence-electron chi connectivity index (χ4n) is 1.72. The standard InChI is InChI=1S/C12H11F3N2O4/c1-11(21-10(19)12(13,14)15)8(16)9(18)17-6-4-2-3-5-7(6)20-11/h2-5,8H,16H2,1H3,(H,17,18)/t8-,11-/m0/s1. The Hall–Kier alpha value is -2.29. The smallest absolute Gasteiger partial charge is 0.448 e. The molecule has 0 aliphatic carbocycles. The van der Waals surface area contributed by atoms with Crippen molar-refractivity contribution in [1.29, 1.82) is 0 Å². The SMILES string of the molecule is C[C@@]1(OC(=O)C(F)(F)F)Oc2ccccc2NC(=O)[C@@H]1N. The number of anilines is 1. The third kappa shape index (κ3) is 2.92. The minimum absolute atomic E-state index is 0.0382. The van der Waals surface area contributed by atoms with Crippen LogP contribution in [0, 0.1) is 0 Å². The summed E-state index contributed by atoms with van der Waals surface area (Å²) in [7, 11) is 0. The molecular weight excluding hydrogens is 293 g/mol. The Balaban J connectivity index is 2.37. The number of nitrogens with one attached hydrogen (secondary N) is 1. The molecule has 0 aromatic heterocycles. The van der Waals surface area contributed by atoms with Gasteiger partial charge in [-0.15, -0.1) is 0 Å². The Morgan fingerprint density at radius 3 is 2.67 bits per heavy atom. The summed E-state index contributed by atoms with van der Waals surface area (Å²) >= 11 is 0. The highest BCUT2D eigenvalue weighted by molar-refractivity contribution is 5.97. The maximum absolute atomic E-state index is 12.3. The molecule has 2 atom stereocenters.